The molecule has 3 aromatic heterocycles. The molecule has 0 saturated heterocycles. The molecule has 0 bridgehead atoms. The van der Waals surface area contributed by atoms with Gasteiger partial charge < -0.3 is 8.98 Å². The lowest BCUT2D eigenvalue weighted by Gasteiger charge is -2.21. The van der Waals surface area contributed by atoms with E-state index in [2.05, 4.69) is 134 Å². The zero-order chi connectivity index (χ0) is 33.7. The van der Waals surface area contributed by atoms with Crippen LogP contribution in [-0.2, 0) is 5.41 Å². The first-order valence-corrected chi connectivity index (χ1v) is 17.1. The second kappa shape index (κ2) is 10.4. The number of hydrogen-bond acceptors (Lipinski definition) is 3. The monoisotopic (exact) mass is 643 g/mol. The van der Waals surface area contributed by atoms with E-state index in [0.717, 1.165) is 61.2 Å². The second-order valence-electron chi connectivity index (χ2n) is 13.8. The summed E-state index contributed by atoms with van der Waals surface area (Å²) >= 11 is 0. The number of hydrogen-bond donors (Lipinski definition) is 0. The zero-order valence-electron chi connectivity index (χ0n) is 28.2. The van der Waals surface area contributed by atoms with Crippen LogP contribution in [0.4, 0.5) is 0 Å². The Kier molecular flexibility index (Phi) is 5.96. The van der Waals surface area contributed by atoms with Crippen LogP contribution < -0.4 is 0 Å². The van der Waals surface area contributed by atoms with E-state index in [-0.39, 0.29) is 5.41 Å². The van der Waals surface area contributed by atoms with Crippen molar-refractivity contribution >= 4 is 49.8 Å². The van der Waals surface area contributed by atoms with E-state index in [4.69, 9.17) is 14.4 Å². The SMILES string of the molecule is C=Cc1c(C)nc(-c2cccc3c2oc2c(-n4c5ccccc5c5cc6c(cc54)C(C)(C)c4ccccc4-6)cccc23)nc1-c1ccccc1. The molecule has 10 rings (SSSR count). The second-order valence-corrected chi connectivity index (χ2v) is 13.8. The van der Waals surface area contributed by atoms with Crippen molar-refractivity contribution in [2.75, 3.05) is 0 Å². The smallest absolute Gasteiger partial charge is 0.163 e. The molecule has 6 aromatic carbocycles. The number of fused-ring (bicyclic) bond motifs is 9. The van der Waals surface area contributed by atoms with E-state index >= 15 is 0 Å². The number of aryl methyl sites for hydroxylation is 1. The molecule has 0 saturated carbocycles. The molecule has 0 aliphatic heterocycles. The Morgan fingerprint density at radius 2 is 1.32 bits per heavy atom. The van der Waals surface area contributed by atoms with Crippen LogP contribution in [0.15, 0.2) is 138 Å². The van der Waals surface area contributed by atoms with Crippen molar-refractivity contribution in [1.82, 2.24) is 14.5 Å². The van der Waals surface area contributed by atoms with Gasteiger partial charge >= 0.3 is 0 Å². The molecule has 0 N–H and O–H groups in total. The molecule has 0 radical (unpaired) electrons. The molecule has 0 fully saturated rings. The topological polar surface area (TPSA) is 43.9 Å². The van der Waals surface area contributed by atoms with E-state index < -0.39 is 0 Å². The van der Waals surface area contributed by atoms with Gasteiger partial charge in [0.15, 0.2) is 11.4 Å². The number of benzene rings is 6. The summed E-state index contributed by atoms with van der Waals surface area (Å²) in [7, 11) is 0. The Hall–Kier alpha value is -6.26. The van der Waals surface area contributed by atoms with Crippen LogP contribution in [0.2, 0.25) is 0 Å². The molecule has 9 aromatic rings. The molecule has 0 amide bonds. The van der Waals surface area contributed by atoms with E-state index in [9.17, 15) is 0 Å². The summed E-state index contributed by atoms with van der Waals surface area (Å²) in [5, 5.41) is 4.55. The number of furan rings is 1. The zero-order valence-corrected chi connectivity index (χ0v) is 28.2. The summed E-state index contributed by atoms with van der Waals surface area (Å²) in [4.78, 5) is 10.1. The molecule has 0 atom stereocenters. The van der Waals surface area contributed by atoms with Crippen LogP contribution in [0.1, 0.15) is 36.2 Å². The summed E-state index contributed by atoms with van der Waals surface area (Å²) < 4.78 is 9.39. The number of para-hydroxylation sites is 3. The van der Waals surface area contributed by atoms with E-state index in [0.29, 0.717) is 5.82 Å². The molecular weight excluding hydrogens is 611 g/mol. The number of aromatic nitrogens is 3. The van der Waals surface area contributed by atoms with Crippen molar-refractivity contribution in [2.45, 2.75) is 26.2 Å². The highest BCUT2D eigenvalue weighted by molar-refractivity contribution is 6.15. The molecule has 0 spiro atoms. The molecule has 4 heteroatoms. The third kappa shape index (κ3) is 3.87. The minimum absolute atomic E-state index is 0.112. The Labute approximate surface area is 290 Å². The highest BCUT2D eigenvalue weighted by Gasteiger charge is 2.36. The highest BCUT2D eigenvalue weighted by Crippen LogP contribution is 2.51. The molecule has 0 unspecified atom stereocenters. The Balaban J connectivity index is 1.24. The summed E-state index contributed by atoms with van der Waals surface area (Å²) in [5.74, 6) is 0.632. The Bertz CT molecular complexity index is 2870. The maximum absolute atomic E-state index is 7.00. The van der Waals surface area contributed by atoms with Gasteiger partial charge in [-0.2, -0.15) is 0 Å². The minimum Gasteiger partial charge on any atom is -0.453 e. The first kappa shape index (κ1) is 28.7. The van der Waals surface area contributed by atoms with Gasteiger partial charge in [0.2, 0.25) is 0 Å². The van der Waals surface area contributed by atoms with E-state index in [1.165, 1.54) is 38.5 Å². The Morgan fingerprint density at radius 1 is 0.620 bits per heavy atom. The first-order chi connectivity index (χ1) is 24.4. The minimum atomic E-state index is -0.112. The van der Waals surface area contributed by atoms with Gasteiger partial charge in [-0.05, 0) is 59.5 Å². The molecule has 4 nitrogen and oxygen atoms in total. The van der Waals surface area contributed by atoms with Crippen LogP contribution in [0, 0.1) is 6.92 Å². The van der Waals surface area contributed by atoms with Crippen molar-refractivity contribution < 1.29 is 4.42 Å². The average Bonchev–Trinajstić information content (AvgIpc) is 3.77. The third-order valence-corrected chi connectivity index (χ3v) is 10.7. The van der Waals surface area contributed by atoms with Crippen LogP contribution in [0.25, 0.3) is 89.3 Å². The fraction of sp³-hybridized carbons (Fsp3) is 0.0870. The van der Waals surface area contributed by atoms with Crippen molar-refractivity contribution in [1.29, 1.82) is 0 Å². The average molecular weight is 644 g/mol. The van der Waals surface area contributed by atoms with Gasteiger partial charge in [0, 0.05) is 43.8 Å². The van der Waals surface area contributed by atoms with Gasteiger partial charge in [-0.15, -0.1) is 0 Å². The lowest BCUT2D eigenvalue weighted by molar-refractivity contribution is 0.660. The fourth-order valence-electron chi connectivity index (χ4n) is 8.34. The summed E-state index contributed by atoms with van der Waals surface area (Å²) in [5.41, 5.74) is 14.8. The maximum Gasteiger partial charge on any atom is 0.163 e. The van der Waals surface area contributed by atoms with E-state index in [1.807, 2.05) is 31.2 Å². The van der Waals surface area contributed by atoms with Crippen molar-refractivity contribution in [3.8, 4) is 39.5 Å². The van der Waals surface area contributed by atoms with Crippen LogP contribution in [-0.4, -0.2) is 14.5 Å². The predicted octanol–water partition coefficient (Wildman–Crippen LogP) is 12.1. The third-order valence-electron chi connectivity index (χ3n) is 10.7. The molecular formula is C46H33N3O. The molecule has 238 valence electrons. The van der Waals surface area contributed by atoms with Crippen molar-refractivity contribution in [2.24, 2.45) is 0 Å². The van der Waals surface area contributed by atoms with Crippen LogP contribution in [0.5, 0.6) is 0 Å². The number of rotatable bonds is 4. The van der Waals surface area contributed by atoms with Crippen LogP contribution >= 0.6 is 0 Å². The summed E-state index contributed by atoms with van der Waals surface area (Å²) in [6, 6.07) is 45.4. The predicted molar refractivity (Wildman–Crippen MR) is 207 cm³/mol. The van der Waals surface area contributed by atoms with Gasteiger partial charge in [-0.1, -0.05) is 124 Å². The van der Waals surface area contributed by atoms with Crippen molar-refractivity contribution in [3.05, 3.63) is 156 Å². The molecule has 1 aliphatic rings. The van der Waals surface area contributed by atoms with Gasteiger partial charge in [-0.3, -0.25) is 0 Å². The van der Waals surface area contributed by atoms with Crippen molar-refractivity contribution in [3.63, 3.8) is 0 Å². The largest absolute Gasteiger partial charge is 0.453 e. The van der Waals surface area contributed by atoms with Crippen LogP contribution in [0.3, 0.4) is 0 Å². The lowest BCUT2D eigenvalue weighted by atomic mass is 9.82. The van der Waals surface area contributed by atoms with E-state index in [1.54, 1.807) is 0 Å². The normalized spacial score (nSPS) is 13.3. The Morgan fingerprint density at radius 3 is 2.16 bits per heavy atom. The fourth-order valence-corrected chi connectivity index (χ4v) is 8.34. The van der Waals surface area contributed by atoms with Gasteiger partial charge in [-0.25, -0.2) is 9.97 Å². The maximum atomic E-state index is 7.00. The standard InChI is InChI=1S/C46H33N3O/c1-5-29-27(2)47-45(48-42(29)28-15-7-6-8-16-28)34-21-13-19-32-33-20-14-24-40(44(33)50-43(32)34)49-39-23-12-10-18-31(39)36-25-35-30-17-9-11-22-37(30)46(3,4)38(35)26-41(36)49/h5-26H,1H2,2-4H3. The number of nitrogens with zero attached hydrogens (tertiary/aromatic N) is 3. The quantitative estimate of drug-likeness (QED) is 0.192. The molecule has 3 heterocycles. The summed E-state index contributed by atoms with van der Waals surface area (Å²) in [6.45, 7) is 10.8. The summed E-state index contributed by atoms with van der Waals surface area (Å²) in [6.07, 6.45) is 1.84. The highest BCUT2D eigenvalue weighted by atomic mass is 16.3. The lowest BCUT2D eigenvalue weighted by Crippen LogP contribution is -2.14. The molecule has 1 aliphatic carbocycles. The van der Waals surface area contributed by atoms with Gasteiger partial charge in [0.05, 0.1) is 28.0 Å². The van der Waals surface area contributed by atoms with Gasteiger partial charge in [0.25, 0.3) is 0 Å². The first-order valence-electron chi connectivity index (χ1n) is 17.1. The molecule has 50 heavy (non-hydrogen) atoms. The van der Waals surface area contributed by atoms with Gasteiger partial charge in [0.1, 0.15) is 5.58 Å².